The van der Waals surface area contributed by atoms with Crippen molar-refractivity contribution >= 4 is 33.2 Å². The van der Waals surface area contributed by atoms with E-state index >= 15 is 0 Å². The van der Waals surface area contributed by atoms with Crippen molar-refractivity contribution in [2.75, 3.05) is 0 Å². The average Bonchev–Trinajstić information content (AvgIpc) is 2.46. The van der Waals surface area contributed by atoms with Crippen LogP contribution >= 0.6 is 27.5 Å². The van der Waals surface area contributed by atoms with Crippen molar-refractivity contribution in [3.63, 3.8) is 0 Å². The van der Waals surface area contributed by atoms with Crippen molar-refractivity contribution < 1.29 is 4.92 Å². The number of rotatable bonds is 5. The van der Waals surface area contributed by atoms with E-state index in [0.717, 1.165) is 5.56 Å². The molecule has 0 amide bonds. The molecule has 0 spiro atoms. The maximum Gasteiger partial charge on any atom is 0.275 e. The minimum absolute atomic E-state index is 0.00181. The summed E-state index contributed by atoms with van der Waals surface area (Å²) in [6.07, 6.45) is 0. The molecular weight excluding hydrogens is 356 g/mol. The minimum atomic E-state index is -0.373. The Morgan fingerprint density at radius 1 is 1.33 bits per heavy atom. The van der Waals surface area contributed by atoms with E-state index in [-0.39, 0.29) is 16.7 Å². The number of nitro benzene ring substituents is 1. The van der Waals surface area contributed by atoms with Crippen LogP contribution in [0.5, 0.6) is 0 Å². The highest BCUT2D eigenvalue weighted by atomic mass is 79.9. The molecule has 0 bridgehead atoms. The summed E-state index contributed by atoms with van der Waals surface area (Å²) in [6, 6.07) is 12.6. The highest BCUT2D eigenvalue weighted by Gasteiger charge is 2.15. The molecule has 0 saturated carbocycles. The lowest BCUT2D eigenvalue weighted by Gasteiger charge is -2.15. The van der Waals surface area contributed by atoms with Crippen LogP contribution in [0.2, 0.25) is 5.02 Å². The normalized spacial score (nSPS) is 12.1. The zero-order valence-corrected chi connectivity index (χ0v) is 13.7. The Balaban J connectivity index is 2.13. The molecule has 1 N–H and O–H groups in total. The van der Waals surface area contributed by atoms with Crippen LogP contribution in [0, 0.1) is 10.1 Å². The SMILES string of the molecule is C[C@H](NCc1ccc(Br)cc1[N+](=O)[O-])c1ccccc1Cl. The summed E-state index contributed by atoms with van der Waals surface area (Å²) in [5, 5.41) is 15.0. The monoisotopic (exact) mass is 368 g/mol. The summed E-state index contributed by atoms with van der Waals surface area (Å²) < 4.78 is 0.692. The third kappa shape index (κ3) is 4.03. The van der Waals surface area contributed by atoms with Gasteiger partial charge < -0.3 is 5.32 Å². The van der Waals surface area contributed by atoms with Gasteiger partial charge in [-0.2, -0.15) is 0 Å². The van der Waals surface area contributed by atoms with Crippen molar-refractivity contribution in [2.24, 2.45) is 0 Å². The Kier molecular flexibility index (Phi) is 5.33. The first-order chi connectivity index (χ1) is 9.99. The van der Waals surface area contributed by atoms with Crippen LogP contribution in [0.4, 0.5) is 5.69 Å². The molecule has 0 aromatic heterocycles. The van der Waals surface area contributed by atoms with Gasteiger partial charge in [-0.15, -0.1) is 0 Å². The summed E-state index contributed by atoms with van der Waals surface area (Å²) in [4.78, 5) is 10.7. The van der Waals surface area contributed by atoms with Crippen LogP contribution in [0.1, 0.15) is 24.1 Å². The molecule has 0 aliphatic carbocycles. The summed E-state index contributed by atoms with van der Waals surface area (Å²) >= 11 is 9.40. The Morgan fingerprint density at radius 3 is 2.71 bits per heavy atom. The Labute approximate surface area is 136 Å². The summed E-state index contributed by atoms with van der Waals surface area (Å²) in [7, 11) is 0. The maximum absolute atomic E-state index is 11.1. The molecular formula is C15H14BrClN2O2. The van der Waals surface area contributed by atoms with Gasteiger partial charge in [0.15, 0.2) is 0 Å². The number of hydrogen-bond acceptors (Lipinski definition) is 3. The molecule has 2 aromatic carbocycles. The van der Waals surface area contributed by atoms with Gasteiger partial charge in [0, 0.05) is 33.7 Å². The maximum atomic E-state index is 11.1. The van der Waals surface area contributed by atoms with Crippen molar-refractivity contribution in [3.8, 4) is 0 Å². The molecule has 2 rings (SSSR count). The topological polar surface area (TPSA) is 55.2 Å². The van der Waals surface area contributed by atoms with E-state index in [9.17, 15) is 10.1 Å². The van der Waals surface area contributed by atoms with Gasteiger partial charge in [0.05, 0.1) is 4.92 Å². The smallest absolute Gasteiger partial charge is 0.275 e. The quantitative estimate of drug-likeness (QED) is 0.605. The zero-order chi connectivity index (χ0) is 15.4. The van der Waals surface area contributed by atoms with Gasteiger partial charge in [-0.25, -0.2) is 0 Å². The van der Waals surface area contributed by atoms with E-state index < -0.39 is 0 Å². The fraction of sp³-hybridized carbons (Fsp3) is 0.200. The Morgan fingerprint density at radius 2 is 2.05 bits per heavy atom. The van der Waals surface area contributed by atoms with Crippen LogP contribution in [-0.4, -0.2) is 4.92 Å². The number of benzene rings is 2. The Hall–Kier alpha value is -1.43. The second-order valence-electron chi connectivity index (χ2n) is 4.65. The van der Waals surface area contributed by atoms with Crippen molar-refractivity contribution in [3.05, 3.63) is 73.2 Å². The van der Waals surface area contributed by atoms with E-state index in [2.05, 4.69) is 21.2 Å². The second kappa shape index (κ2) is 7.02. The number of nitro groups is 1. The molecule has 2 aromatic rings. The molecule has 4 nitrogen and oxygen atoms in total. The van der Waals surface area contributed by atoms with E-state index in [0.29, 0.717) is 21.6 Å². The van der Waals surface area contributed by atoms with Crippen LogP contribution in [-0.2, 0) is 6.54 Å². The van der Waals surface area contributed by atoms with Gasteiger partial charge in [0.1, 0.15) is 0 Å². The van der Waals surface area contributed by atoms with Crippen LogP contribution in [0.3, 0.4) is 0 Å². The lowest BCUT2D eigenvalue weighted by Crippen LogP contribution is -2.19. The first-order valence-electron chi connectivity index (χ1n) is 6.39. The summed E-state index contributed by atoms with van der Waals surface area (Å²) in [6.45, 7) is 2.38. The van der Waals surface area contributed by atoms with Gasteiger partial charge in [-0.05, 0) is 30.7 Å². The molecule has 1 atom stereocenters. The minimum Gasteiger partial charge on any atom is -0.306 e. The highest BCUT2D eigenvalue weighted by Crippen LogP contribution is 2.26. The second-order valence-corrected chi connectivity index (χ2v) is 5.98. The van der Waals surface area contributed by atoms with Gasteiger partial charge >= 0.3 is 0 Å². The van der Waals surface area contributed by atoms with Crippen molar-refractivity contribution in [1.82, 2.24) is 5.32 Å². The third-order valence-corrected chi connectivity index (χ3v) is 4.05. The zero-order valence-electron chi connectivity index (χ0n) is 11.3. The fourth-order valence-electron chi connectivity index (χ4n) is 2.06. The first-order valence-corrected chi connectivity index (χ1v) is 7.56. The molecule has 21 heavy (non-hydrogen) atoms. The van der Waals surface area contributed by atoms with Gasteiger partial charge in [-0.1, -0.05) is 45.7 Å². The van der Waals surface area contributed by atoms with E-state index in [1.54, 1.807) is 12.1 Å². The molecule has 0 saturated heterocycles. The number of halogens is 2. The molecule has 0 unspecified atom stereocenters. The third-order valence-electron chi connectivity index (χ3n) is 3.21. The molecule has 0 fully saturated rings. The fourth-order valence-corrected chi connectivity index (χ4v) is 2.70. The van der Waals surface area contributed by atoms with Crippen LogP contribution in [0.15, 0.2) is 46.9 Å². The predicted molar refractivity (Wildman–Crippen MR) is 87.5 cm³/mol. The average molecular weight is 370 g/mol. The number of nitrogens with zero attached hydrogens (tertiary/aromatic N) is 1. The van der Waals surface area contributed by atoms with Crippen molar-refractivity contribution in [2.45, 2.75) is 19.5 Å². The summed E-state index contributed by atoms with van der Waals surface area (Å²) in [5.74, 6) is 0. The molecule has 0 aliphatic rings. The van der Waals surface area contributed by atoms with Gasteiger partial charge in [0.25, 0.3) is 5.69 Å². The van der Waals surface area contributed by atoms with E-state index in [1.807, 2.05) is 31.2 Å². The standard InChI is InChI=1S/C15H14BrClN2O2/c1-10(13-4-2-3-5-14(13)17)18-9-11-6-7-12(16)8-15(11)19(20)21/h2-8,10,18H,9H2,1H3/t10-/m0/s1. The van der Waals surface area contributed by atoms with E-state index in [1.165, 1.54) is 6.07 Å². The summed E-state index contributed by atoms with van der Waals surface area (Å²) in [5.41, 5.74) is 1.71. The van der Waals surface area contributed by atoms with Crippen LogP contribution in [0.25, 0.3) is 0 Å². The lowest BCUT2D eigenvalue weighted by molar-refractivity contribution is -0.385. The number of nitrogens with one attached hydrogen (secondary N) is 1. The number of hydrogen-bond donors (Lipinski definition) is 1. The van der Waals surface area contributed by atoms with Crippen LogP contribution < -0.4 is 5.32 Å². The highest BCUT2D eigenvalue weighted by molar-refractivity contribution is 9.10. The lowest BCUT2D eigenvalue weighted by atomic mass is 10.1. The van der Waals surface area contributed by atoms with Crippen molar-refractivity contribution in [1.29, 1.82) is 0 Å². The molecule has 0 aliphatic heterocycles. The van der Waals surface area contributed by atoms with Gasteiger partial charge in [0.2, 0.25) is 0 Å². The molecule has 0 heterocycles. The molecule has 110 valence electrons. The molecule has 0 radical (unpaired) electrons. The molecule has 6 heteroatoms. The first kappa shape index (κ1) is 15.9. The largest absolute Gasteiger partial charge is 0.306 e. The predicted octanol–water partition coefficient (Wildman–Crippen LogP) is 4.86. The van der Waals surface area contributed by atoms with E-state index in [4.69, 9.17) is 11.6 Å². The Bertz CT molecular complexity index is 664. The van der Waals surface area contributed by atoms with Gasteiger partial charge in [-0.3, -0.25) is 10.1 Å².